The number of hydrogen-bond acceptors (Lipinski definition) is 4. The van der Waals surface area contributed by atoms with Gasteiger partial charge >= 0.3 is 0 Å². The van der Waals surface area contributed by atoms with Crippen LogP contribution in [0.1, 0.15) is 65.2 Å². The molecule has 1 atom stereocenters. The number of thioether (sulfide) groups is 1. The molecule has 0 unspecified atom stereocenters. The van der Waals surface area contributed by atoms with Crippen molar-refractivity contribution in [2.45, 2.75) is 71.3 Å². The quantitative estimate of drug-likeness (QED) is 0.392. The van der Waals surface area contributed by atoms with Gasteiger partial charge < -0.3 is 10.6 Å². The zero-order valence-corrected chi connectivity index (χ0v) is 16.0. The molecule has 0 rings (SSSR count). The first-order valence-electron chi connectivity index (χ1n) is 8.73. The Labute approximate surface area is 150 Å². The molecule has 138 valence electrons. The Hall–Kier alpha value is -1.30. The molecule has 0 saturated carbocycles. The minimum Gasteiger partial charge on any atom is -0.359 e. The molecule has 2 N–H and O–H groups in total. The second-order valence-electron chi connectivity index (χ2n) is 5.87. The molecular formula is C18H32N2O3S. The average Bonchev–Trinajstić information content (AvgIpc) is 2.53. The van der Waals surface area contributed by atoms with Crippen molar-refractivity contribution in [3.63, 3.8) is 0 Å². The molecule has 0 saturated heterocycles. The maximum Gasteiger partial charge on any atom is 0.219 e. The molecule has 2 amide bonds. The maximum absolute atomic E-state index is 11.2. The van der Waals surface area contributed by atoms with E-state index in [9.17, 15) is 14.4 Å². The van der Waals surface area contributed by atoms with E-state index in [1.807, 2.05) is 6.08 Å². The SMILES string of the molecule is CNC(=O)CCCCCCCC/C=C/[C@H](CSC(C)=O)NC(C)=O. The topological polar surface area (TPSA) is 75.3 Å². The predicted molar refractivity (Wildman–Crippen MR) is 101 cm³/mol. The maximum atomic E-state index is 11.2. The second-order valence-corrected chi connectivity index (χ2v) is 7.07. The summed E-state index contributed by atoms with van der Waals surface area (Å²) in [4.78, 5) is 33.2. The monoisotopic (exact) mass is 356 g/mol. The van der Waals surface area contributed by atoms with Crippen molar-refractivity contribution in [3.8, 4) is 0 Å². The largest absolute Gasteiger partial charge is 0.359 e. The normalized spacial score (nSPS) is 12.1. The van der Waals surface area contributed by atoms with E-state index in [0.29, 0.717) is 12.2 Å². The first-order valence-corrected chi connectivity index (χ1v) is 9.72. The first kappa shape index (κ1) is 22.7. The van der Waals surface area contributed by atoms with Crippen LogP contribution in [0.2, 0.25) is 0 Å². The molecule has 0 aliphatic rings. The van der Waals surface area contributed by atoms with Crippen molar-refractivity contribution in [2.75, 3.05) is 12.8 Å². The summed E-state index contributed by atoms with van der Waals surface area (Å²) in [6, 6.07) is -0.0823. The van der Waals surface area contributed by atoms with E-state index in [2.05, 4.69) is 16.7 Å². The van der Waals surface area contributed by atoms with Crippen molar-refractivity contribution in [1.82, 2.24) is 10.6 Å². The van der Waals surface area contributed by atoms with E-state index in [0.717, 1.165) is 25.7 Å². The lowest BCUT2D eigenvalue weighted by molar-refractivity contribution is -0.121. The summed E-state index contributed by atoms with van der Waals surface area (Å²) in [7, 11) is 1.67. The molecule has 0 aliphatic carbocycles. The first-order chi connectivity index (χ1) is 11.5. The van der Waals surface area contributed by atoms with E-state index < -0.39 is 0 Å². The van der Waals surface area contributed by atoms with E-state index in [4.69, 9.17) is 0 Å². The van der Waals surface area contributed by atoms with Gasteiger partial charge in [-0.2, -0.15) is 0 Å². The number of rotatable bonds is 13. The fourth-order valence-corrected chi connectivity index (χ4v) is 2.86. The molecule has 0 aromatic rings. The molecule has 0 radical (unpaired) electrons. The molecular weight excluding hydrogens is 324 g/mol. The summed E-state index contributed by atoms with van der Waals surface area (Å²) in [6.07, 6.45) is 12.4. The lowest BCUT2D eigenvalue weighted by Crippen LogP contribution is -2.33. The number of allylic oxidation sites excluding steroid dienone is 1. The van der Waals surface area contributed by atoms with Crippen LogP contribution in [0.15, 0.2) is 12.2 Å². The molecule has 5 nitrogen and oxygen atoms in total. The van der Waals surface area contributed by atoms with Crippen LogP contribution in [0.5, 0.6) is 0 Å². The van der Waals surface area contributed by atoms with Gasteiger partial charge in [-0.05, 0) is 19.3 Å². The Kier molecular flexibility index (Phi) is 14.4. The average molecular weight is 357 g/mol. The minimum atomic E-state index is -0.0823. The summed E-state index contributed by atoms with van der Waals surface area (Å²) >= 11 is 1.23. The van der Waals surface area contributed by atoms with E-state index >= 15 is 0 Å². The molecule has 0 aromatic carbocycles. The zero-order chi connectivity index (χ0) is 18.2. The number of hydrogen-bond donors (Lipinski definition) is 2. The third-order valence-corrected chi connectivity index (χ3v) is 4.46. The molecule has 0 aromatic heterocycles. The fraction of sp³-hybridized carbons (Fsp3) is 0.722. The van der Waals surface area contributed by atoms with Crippen LogP contribution < -0.4 is 10.6 Å². The van der Waals surface area contributed by atoms with Gasteiger partial charge in [-0.3, -0.25) is 14.4 Å². The van der Waals surface area contributed by atoms with Gasteiger partial charge in [-0.25, -0.2) is 0 Å². The van der Waals surface area contributed by atoms with Crippen LogP contribution in [-0.2, 0) is 14.4 Å². The van der Waals surface area contributed by atoms with Crippen molar-refractivity contribution in [1.29, 1.82) is 0 Å². The Balaban J connectivity index is 3.70. The third-order valence-electron chi connectivity index (χ3n) is 3.53. The van der Waals surface area contributed by atoms with Gasteiger partial charge in [0, 0.05) is 33.1 Å². The second kappa shape index (κ2) is 15.2. The molecule has 6 heteroatoms. The molecule has 0 spiro atoms. The summed E-state index contributed by atoms with van der Waals surface area (Å²) in [6.45, 7) is 3.03. The number of amides is 2. The third kappa shape index (κ3) is 15.6. The van der Waals surface area contributed by atoms with Crippen LogP contribution in [0.25, 0.3) is 0 Å². The van der Waals surface area contributed by atoms with E-state index in [1.54, 1.807) is 7.05 Å². The van der Waals surface area contributed by atoms with Crippen molar-refractivity contribution >= 4 is 28.7 Å². The standard InChI is InChI=1S/C18H32N2O3S/c1-15(21)20-17(14-24-16(2)22)12-10-8-6-4-5-7-9-11-13-18(23)19-3/h10,12,17H,4-9,11,13-14H2,1-3H3,(H,19,23)(H,20,21)/b12-10+/t17-/m1/s1. The summed E-state index contributed by atoms with van der Waals surface area (Å²) in [5.41, 5.74) is 0. The van der Waals surface area contributed by atoms with Gasteiger partial charge in [0.15, 0.2) is 5.12 Å². The van der Waals surface area contributed by atoms with Crippen LogP contribution in [0.3, 0.4) is 0 Å². The molecule has 0 bridgehead atoms. The van der Waals surface area contributed by atoms with Gasteiger partial charge in [-0.1, -0.05) is 49.6 Å². The zero-order valence-electron chi connectivity index (χ0n) is 15.2. The van der Waals surface area contributed by atoms with Crippen LogP contribution in [-0.4, -0.2) is 35.8 Å². The summed E-state index contributed by atoms with van der Waals surface area (Å²) in [5, 5.41) is 5.54. The van der Waals surface area contributed by atoms with Gasteiger partial charge in [-0.15, -0.1) is 0 Å². The Morgan fingerprint density at radius 3 is 2.21 bits per heavy atom. The van der Waals surface area contributed by atoms with Crippen LogP contribution in [0, 0.1) is 0 Å². The number of nitrogens with one attached hydrogen (secondary N) is 2. The van der Waals surface area contributed by atoms with Gasteiger partial charge in [0.1, 0.15) is 0 Å². The summed E-state index contributed by atoms with van der Waals surface area (Å²) in [5.74, 6) is 0.624. The Morgan fingerprint density at radius 2 is 1.62 bits per heavy atom. The fourth-order valence-electron chi connectivity index (χ4n) is 2.25. The van der Waals surface area contributed by atoms with Crippen LogP contribution >= 0.6 is 11.8 Å². The highest BCUT2D eigenvalue weighted by Gasteiger charge is 2.07. The van der Waals surface area contributed by atoms with Crippen molar-refractivity contribution in [2.24, 2.45) is 0 Å². The summed E-state index contributed by atoms with van der Waals surface area (Å²) < 4.78 is 0. The van der Waals surface area contributed by atoms with Gasteiger partial charge in [0.2, 0.25) is 11.8 Å². The smallest absolute Gasteiger partial charge is 0.219 e. The van der Waals surface area contributed by atoms with E-state index in [1.165, 1.54) is 44.9 Å². The Morgan fingerprint density at radius 1 is 1.00 bits per heavy atom. The molecule has 24 heavy (non-hydrogen) atoms. The van der Waals surface area contributed by atoms with E-state index in [-0.39, 0.29) is 23.0 Å². The van der Waals surface area contributed by atoms with Gasteiger partial charge in [0.25, 0.3) is 0 Å². The predicted octanol–water partition coefficient (Wildman–Crippen LogP) is 3.19. The molecule has 0 aliphatic heterocycles. The highest BCUT2D eigenvalue weighted by Crippen LogP contribution is 2.10. The Bertz CT molecular complexity index is 411. The van der Waals surface area contributed by atoms with Crippen LogP contribution in [0.4, 0.5) is 0 Å². The lowest BCUT2D eigenvalue weighted by atomic mass is 10.1. The molecule has 0 fully saturated rings. The van der Waals surface area contributed by atoms with Gasteiger partial charge in [0.05, 0.1) is 6.04 Å². The number of unbranched alkanes of at least 4 members (excludes halogenated alkanes) is 6. The number of carbonyl (C=O) groups excluding carboxylic acids is 3. The highest BCUT2D eigenvalue weighted by atomic mass is 32.2. The molecule has 0 heterocycles. The van der Waals surface area contributed by atoms with Crippen molar-refractivity contribution < 1.29 is 14.4 Å². The lowest BCUT2D eigenvalue weighted by Gasteiger charge is -2.12. The minimum absolute atomic E-state index is 0.0650. The number of carbonyl (C=O) groups is 3. The highest BCUT2D eigenvalue weighted by molar-refractivity contribution is 8.13. The van der Waals surface area contributed by atoms with Crippen molar-refractivity contribution in [3.05, 3.63) is 12.2 Å².